The van der Waals surface area contributed by atoms with Crippen molar-refractivity contribution >= 4 is 23.8 Å². The van der Waals surface area contributed by atoms with Gasteiger partial charge < -0.3 is 15.3 Å². The Morgan fingerprint density at radius 1 is 1.42 bits per heavy atom. The number of thioether (sulfide) groups is 1. The predicted molar refractivity (Wildman–Crippen MR) is 77.6 cm³/mol. The molecule has 110 valence electrons. The molecule has 0 spiro atoms. The van der Waals surface area contributed by atoms with Crippen LogP contribution >= 0.6 is 11.8 Å². The zero-order valence-electron chi connectivity index (χ0n) is 11.7. The summed E-state index contributed by atoms with van der Waals surface area (Å²) in [5, 5.41) is 11.8. The van der Waals surface area contributed by atoms with Crippen LogP contribution in [0, 0.1) is 0 Å². The summed E-state index contributed by atoms with van der Waals surface area (Å²) >= 11 is 1.59. The number of aliphatic carboxylic acids is 1. The third kappa shape index (κ3) is 4.93. The summed E-state index contributed by atoms with van der Waals surface area (Å²) in [6, 6.07) is -0.738. The zero-order valence-corrected chi connectivity index (χ0v) is 12.5. The summed E-state index contributed by atoms with van der Waals surface area (Å²) in [7, 11) is 0. The van der Waals surface area contributed by atoms with Crippen LogP contribution in [0.3, 0.4) is 0 Å². The van der Waals surface area contributed by atoms with E-state index in [9.17, 15) is 9.59 Å². The number of nitrogens with zero attached hydrogens (tertiary/aromatic N) is 1. The fourth-order valence-electron chi connectivity index (χ4n) is 2.51. The summed E-state index contributed by atoms with van der Waals surface area (Å²) in [6.07, 6.45) is 6.77. The maximum Gasteiger partial charge on any atom is 0.326 e. The predicted octanol–water partition coefficient (Wildman–Crippen LogP) is 2.17. The summed E-state index contributed by atoms with van der Waals surface area (Å²) in [4.78, 5) is 25.1. The van der Waals surface area contributed by atoms with Crippen molar-refractivity contribution in [1.82, 2.24) is 10.2 Å². The van der Waals surface area contributed by atoms with Crippen LogP contribution in [0.2, 0.25) is 0 Å². The standard InChI is InChI=1S/C13H24N2O3S/c1-3-15(10-6-4-5-7-10)13(18)14-11(12(16)17)8-9-19-2/h10-11H,3-9H2,1-2H3,(H,14,18)(H,16,17). The number of hydrogen-bond acceptors (Lipinski definition) is 3. The van der Waals surface area contributed by atoms with Crippen LogP contribution in [-0.4, -0.2) is 52.6 Å². The molecule has 0 saturated heterocycles. The SMILES string of the molecule is CCN(C(=O)NC(CCSC)C(=O)O)C1CCCC1. The van der Waals surface area contributed by atoms with Gasteiger partial charge in [0, 0.05) is 12.6 Å². The average Bonchev–Trinajstić information content (AvgIpc) is 2.88. The number of hydrogen-bond donors (Lipinski definition) is 2. The number of urea groups is 1. The highest BCUT2D eigenvalue weighted by atomic mass is 32.2. The highest BCUT2D eigenvalue weighted by molar-refractivity contribution is 7.98. The minimum Gasteiger partial charge on any atom is -0.480 e. The van der Waals surface area contributed by atoms with Gasteiger partial charge in [0.2, 0.25) is 0 Å². The number of carbonyl (C=O) groups excluding carboxylic acids is 1. The van der Waals surface area contributed by atoms with Crippen molar-refractivity contribution in [2.24, 2.45) is 0 Å². The molecule has 0 aromatic rings. The van der Waals surface area contributed by atoms with Gasteiger partial charge >= 0.3 is 12.0 Å². The van der Waals surface area contributed by atoms with Gasteiger partial charge in [0.05, 0.1) is 0 Å². The smallest absolute Gasteiger partial charge is 0.326 e. The van der Waals surface area contributed by atoms with Crippen LogP contribution in [0.15, 0.2) is 0 Å². The number of carbonyl (C=O) groups is 2. The maximum absolute atomic E-state index is 12.2. The van der Waals surface area contributed by atoms with Crippen LogP contribution < -0.4 is 5.32 Å². The third-order valence-corrected chi connectivity index (χ3v) is 4.22. The molecule has 6 heteroatoms. The quantitative estimate of drug-likeness (QED) is 0.753. The second-order valence-electron chi connectivity index (χ2n) is 4.85. The summed E-state index contributed by atoms with van der Waals surface area (Å²) in [5.41, 5.74) is 0. The van der Waals surface area contributed by atoms with E-state index in [-0.39, 0.29) is 12.1 Å². The molecule has 1 saturated carbocycles. The first-order valence-electron chi connectivity index (χ1n) is 6.89. The van der Waals surface area contributed by atoms with Crippen molar-refractivity contribution in [2.75, 3.05) is 18.6 Å². The van der Waals surface area contributed by atoms with Crippen LogP contribution in [0.1, 0.15) is 39.0 Å². The maximum atomic E-state index is 12.2. The molecule has 0 bridgehead atoms. The molecule has 1 rings (SSSR count). The molecular weight excluding hydrogens is 264 g/mol. The van der Waals surface area contributed by atoms with E-state index in [1.54, 1.807) is 16.7 Å². The molecule has 1 fully saturated rings. The summed E-state index contributed by atoms with van der Waals surface area (Å²) in [5.74, 6) is -0.225. The van der Waals surface area contributed by atoms with Crippen molar-refractivity contribution in [3.05, 3.63) is 0 Å². The van der Waals surface area contributed by atoms with E-state index in [1.165, 1.54) is 0 Å². The van der Waals surface area contributed by atoms with Crippen LogP contribution in [0.5, 0.6) is 0 Å². The van der Waals surface area contributed by atoms with Gasteiger partial charge in [-0.15, -0.1) is 0 Å². The topological polar surface area (TPSA) is 69.6 Å². The number of carboxylic acids is 1. The molecule has 0 heterocycles. The first-order valence-corrected chi connectivity index (χ1v) is 8.28. The lowest BCUT2D eigenvalue weighted by Gasteiger charge is -2.29. The van der Waals surface area contributed by atoms with Crippen LogP contribution in [0.4, 0.5) is 4.79 Å². The second-order valence-corrected chi connectivity index (χ2v) is 5.83. The molecule has 5 nitrogen and oxygen atoms in total. The van der Waals surface area contributed by atoms with Gasteiger partial charge in [-0.2, -0.15) is 11.8 Å². The molecule has 0 aromatic heterocycles. The van der Waals surface area contributed by atoms with E-state index in [2.05, 4.69) is 5.32 Å². The van der Waals surface area contributed by atoms with E-state index in [1.807, 2.05) is 13.2 Å². The van der Waals surface area contributed by atoms with E-state index >= 15 is 0 Å². The summed E-state index contributed by atoms with van der Waals surface area (Å²) < 4.78 is 0. The lowest BCUT2D eigenvalue weighted by Crippen LogP contribution is -2.50. The van der Waals surface area contributed by atoms with E-state index < -0.39 is 12.0 Å². The Morgan fingerprint density at radius 2 is 2.05 bits per heavy atom. The van der Waals surface area contributed by atoms with Crippen molar-refractivity contribution in [1.29, 1.82) is 0 Å². The minimum atomic E-state index is -0.954. The molecule has 1 atom stereocenters. The average molecular weight is 288 g/mol. The first-order chi connectivity index (χ1) is 9.10. The Labute approximate surface area is 119 Å². The van der Waals surface area contributed by atoms with Crippen molar-refractivity contribution in [3.8, 4) is 0 Å². The number of amides is 2. The normalized spacial score (nSPS) is 17.2. The van der Waals surface area contributed by atoms with Gasteiger partial charge in [0.1, 0.15) is 6.04 Å². The first kappa shape index (κ1) is 16.1. The summed E-state index contributed by atoms with van der Waals surface area (Å²) in [6.45, 7) is 2.57. The van der Waals surface area contributed by atoms with Crippen molar-refractivity contribution in [2.45, 2.75) is 51.1 Å². The van der Waals surface area contributed by atoms with Gasteiger partial charge in [-0.25, -0.2) is 9.59 Å². The molecule has 0 aromatic carbocycles. The Balaban J connectivity index is 2.55. The zero-order chi connectivity index (χ0) is 14.3. The molecule has 2 N–H and O–H groups in total. The number of carboxylic acid groups (broad SMARTS) is 1. The largest absolute Gasteiger partial charge is 0.480 e. The van der Waals surface area contributed by atoms with Gasteiger partial charge in [-0.05, 0) is 38.2 Å². The number of nitrogens with one attached hydrogen (secondary N) is 1. The fourth-order valence-corrected chi connectivity index (χ4v) is 2.98. The Kier molecular flexibility index (Phi) is 7.05. The van der Waals surface area contributed by atoms with Gasteiger partial charge in [0.25, 0.3) is 0 Å². The molecule has 0 radical (unpaired) electrons. The van der Waals surface area contributed by atoms with E-state index in [4.69, 9.17) is 5.11 Å². The Hall–Kier alpha value is -0.910. The van der Waals surface area contributed by atoms with Crippen LogP contribution in [-0.2, 0) is 4.79 Å². The monoisotopic (exact) mass is 288 g/mol. The minimum absolute atomic E-state index is 0.233. The molecule has 1 unspecified atom stereocenters. The highest BCUT2D eigenvalue weighted by Gasteiger charge is 2.28. The third-order valence-electron chi connectivity index (χ3n) is 3.57. The Bertz CT molecular complexity index is 306. The van der Waals surface area contributed by atoms with Crippen molar-refractivity contribution in [3.63, 3.8) is 0 Å². The van der Waals surface area contributed by atoms with Crippen molar-refractivity contribution < 1.29 is 14.7 Å². The fraction of sp³-hybridized carbons (Fsp3) is 0.846. The van der Waals surface area contributed by atoms with Gasteiger partial charge in [0.15, 0.2) is 0 Å². The number of rotatable bonds is 7. The van der Waals surface area contributed by atoms with Crippen LogP contribution in [0.25, 0.3) is 0 Å². The molecular formula is C13H24N2O3S. The molecule has 2 amide bonds. The second kappa shape index (κ2) is 8.30. The van der Waals surface area contributed by atoms with E-state index in [0.29, 0.717) is 13.0 Å². The Morgan fingerprint density at radius 3 is 2.53 bits per heavy atom. The lowest BCUT2D eigenvalue weighted by atomic mass is 10.2. The lowest BCUT2D eigenvalue weighted by molar-refractivity contribution is -0.139. The molecule has 19 heavy (non-hydrogen) atoms. The molecule has 0 aliphatic heterocycles. The highest BCUT2D eigenvalue weighted by Crippen LogP contribution is 2.23. The van der Waals surface area contributed by atoms with Gasteiger partial charge in [-0.3, -0.25) is 0 Å². The van der Waals surface area contributed by atoms with Gasteiger partial charge in [-0.1, -0.05) is 12.8 Å². The molecule has 1 aliphatic carbocycles. The van der Waals surface area contributed by atoms with E-state index in [0.717, 1.165) is 31.4 Å². The molecule has 1 aliphatic rings.